The van der Waals surface area contributed by atoms with E-state index < -0.39 is 91.4 Å². The first-order chi connectivity index (χ1) is 19.9. The number of aromatic hydroxyl groups is 3. The van der Waals surface area contributed by atoms with Gasteiger partial charge in [0.1, 0.15) is 65.5 Å². The number of aliphatic hydroxyl groups excluding tert-OH is 6. The Hall–Kier alpha value is -3.25. The molecule has 0 amide bonds. The highest BCUT2D eigenvalue weighted by Gasteiger charge is 2.51. The van der Waals surface area contributed by atoms with Crippen LogP contribution in [0.1, 0.15) is 35.4 Å². The summed E-state index contributed by atoms with van der Waals surface area (Å²) in [5.41, 5.74) is 0.234. The Kier molecular flexibility index (Phi) is 8.48. The van der Waals surface area contributed by atoms with Crippen molar-refractivity contribution in [2.24, 2.45) is 0 Å². The van der Waals surface area contributed by atoms with Gasteiger partial charge in [-0.1, -0.05) is 6.07 Å². The summed E-state index contributed by atoms with van der Waals surface area (Å²) in [5.74, 6) is -2.02. The Labute approximate surface area is 238 Å². The lowest BCUT2D eigenvalue weighted by atomic mass is 9.95. The molecule has 230 valence electrons. The van der Waals surface area contributed by atoms with Gasteiger partial charge in [-0.15, -0.1) is 0 Å². The van der Waals surface area contributed by atoms with Crippen molar-refractivity contribution in [3.05, 3.63) is 41.5 Å². The number of hydrogen-bond donors (Lipinski definition) is 9. The number of phenols is 3. The zero-order valence-electron chi connectivity index (χ0n) is 22.1. The maximum absolute atomic E-state index is 12.9. The lowest BCUT2D eigenvalue weighted by Crippen LogP contribution is -2.64. The van der Waals surface area contributed by atoms with Gasteiger partial charge in [0, 0.05) is 12.1 Å². The van der Waals surface area contributed by atoms with Crippen molar-refractivity contribution in [2.45, 2.75) is 80.9 Å². The van der Waals surface area contributed by atoms with Crippen LogP contribution in [0.25, 0.3) is 0 Å². The maximum Gasteiger partial charge on any atom is 0.229 e. The van der Waals surface area contributed by atoms with Gasteiger partial charge in [0.25, 0.3) is 0 Å². The molecular formula is C27H32O15. The van der Waals surface area contributed by atoms with E-state index in [1.165, 1.54) is 31.2 Å². The van der Waals surface area contributed by atoms with E-state index in [4.69, 9.17) is 23.7 Å². The highest BCUT2D eigenvalue weighted by Crippen LogP contribution is 2.43. The highest BCUT2D eigenvalue weighted by atomic mass is 16.8. The number of phenolic OH excluding ortho intramolecular Hbond substituents is 3. The van der Waals surface area contributed by atoms with E-state index in [0.717, 1.165) is 6.07 Å². The van der Waals surface area contributed by atoms with Crippen LogP contribution < -0.4 is 9.47 Å². The zero-order chi connectivity index (χ0) is 30.5. The molecule has 0 aliphatic carbocycles. The van der Waals surface area contributed by atoms with Gasteiger partial charge in [0.05, 0.1) is 19.1 Å². The molecule has 5 rings (SSSR count). The number of ether oxygens (including phenoxy) is 5. The molecule has 0 bridgehead atoms. The van der Waals surface area contributed by atoms with Crippen molar-refractivity contribution in [3.63, 3.8) is 0 Å². The maximum atomic E-state index is 12.9. The molecule has 0 radical (unpaired) electrons. The summed E-state index contributed by atoms with van der Waals surface area (Å²) in [4.78, 5) is 12.9. The smallest absolute Gasteiger partial charge is 0.229 e. The largest absolute Gasteiger partial charge is 0.507 e. The van der Waals surface area contributed by atoms with Crippen LogP contribution in [0.15, 0.2) is 30.3 Å². The van der Waals surface area contributed by atoms with Crippen molar-refractivity contribution in [2.75, 3.05) is 6.61 Å². The number of carbonyl (C=O) groups excluding carboxylic acids is 1. The van der Waals surface area contributed by atoms with Crippen molar-refractivity contribution in [1.29, 1.82) is 0 Å². The topological polar surface area (TPSA) is 245 Å². The number of ketones is 1. The number of hydrogen-bond acceptors (Lipinski definition) is 15. The van der Waals surface area contributed by atoms with Crippen molar-refractivity contribution in [3.8, 4) is 28.7 Å². The van der Waals surface area contributed by atoms with E-state index in [9.17, 15) is 50.8 Å². The van der Waals surface area contributed by atoms with E-state index in [2.05, 4.69) is 0 Å². The first-order valence-corrected chi connectivity index (χ1v) is 13.1. The van der Waals surface area contributed by atoms with E-state index in [0.29, 0.717) is 5.56 Å². The van der Waals surface area contributed by atoms with Crippen LogP contribution in [0.2, 0.25) is 0 Å². The number of aliphatic hydroxyl groups is 6. The van der Waals surface area contributed by atoms with Gasteiger partial charge in [0.15, 0.2) is 29.7 Å². The average Bonchev–Trinajstić information content (AvgIpc) is 2.95. The van der Waals surface area contributed by atoms with Crippen LogP contribution in [0.4, 0.5) is 0 Å². The molecule has 3 aliphatic rings. The molecule has 0 saturated carbocycles. The van der Waals surface area contributed by atoms with Crippen LogP contribution in [0.5, 0.6) is 28.7 Å². The fourth-order valence-electron chi connectivity index (χ4n) is 5.12. The highest BCUT2D eigenvalue weighted by molar-refractivity contribution is 6.02. The Morgan fingerprint density at radius 1 is 0.833 bits per heavy atom. The van der Waals surface area contributed by atoms with E-state index in [1.54, 1.807) is 0 Å². The number of Topliss-reactive ketones (excluding diaryl/α,β-unsaturated/α-hetero) is 1. The minimum Gasteiger partial charge on any atom is -0.507 e. The van der Waals surface area contributed by atoms with Crippen LogP contribution >= 0.6 is 0 Å². The standard InChI is InChI=1S/C27H32O15/c1-9-20(33)22(35)24(37)26(38-9)42-25-23(36)21(34)18(8-28)41-27(25)39-11-5-14(31)19-15(32)7-16(40-17(19)6-11)10-2-3-12(29)13(30)4-10/h2-6,9,16,18,20-31,33-37H,7-8H2,1H3/t9-,16-,18-,20+,21-,22-,23+,24-,25+,26+,27-/m1/s1. The van der Waals surface area contributed by atoms with Crippen LogP contribution in [0, 0.1) is 0 Å². The number of carbonyl (C=O) groups is 1. The predicted molar refractivity (Wildman–Crippen MR) is 136 cm³/mol. The minimum absolute atomic E-state index is 0.0941. The molecule has 0 spiro atoms. The summed E-state index contributed by atoms with van der Waals surface area (Å²) < 4.78 is 28.4. The van der Waals surface area contributed by atoms with Gasteiger partial charge in [0.2, 0.25) is 6.29 Å². The third kappa shape index (κ3) is 5.58. The van der Waals surface area contributed by atoms with Crippen LogP contribution in [0.3, 0.4) is 0 Å². The van der Waals surface area contributed by atoms with Gasteiger partial charge in [-0.25, -0.2) is 0 Å². The third-order valence-electron chi connectivity index (χ3n) is 7.52. The van der Waals surface area contributed by atoms with Gasteiger partial charge in [-0.3, -0.25) is 4.79 Å². The quantitative estimate of drug-likeness (QED) is 0.173. The molecule has 3 aliphatic heterocycles. The zero-order valence-corrected chi connectivity index (χ0v) is 22.1. The van der Waals surface area contributed by atoms with Crippen LogP contribution in [-0.2, 0) is 14.2 Å². The molecule has 0 unspecified atom stereocenters. The predicted octanol–water partition coefficient (Wildman–Crippen LogP) is -1.46. The normalized spacial score (nSPS) is 36.6. The first-order valence-electron chi connectivity index (χ1n) is 13.1. The molecule has 9 N–H and O–H groups in total. The van der Waals surface area contributed by atoms with E-state index >= 15 is 0 Å². The molecule has 0 aromatic heterocycles. The molecule has 2 aromatic rings. The van der Waals surface area contributed by atoms with E-state index in [-0.39, 0.29) is 29.2 Å². The Morgan fingerprint density at radius 3 is 2.26 bits per heavy atom. The molecule has 2 fully saturated rings. The number of benzene rings is 2. The van der Waals surface area contributed by atoms with Gasteiger partial charge >= 0.3 is 0 Å². The van der Waals surface area contributed by atoms with E-state index in [1.807, 2.05) is 0 Å². The summed E-state index contributed by atoms with van der Waals surface area (Å²) in [6, 6.07) is 6.25. The lowest BCUT2D eigenvalue weighted by molar-refractivity contribution is -0.354. The molecule has 2 aromatic carbocycles. The molecule has 2 saturated heterocycles. The van der Waals surface area contributed by atoms with Gasteiger partial charge in [-0.05, 0) is 24.6 Å². The second-order valence-electron chi connectivity index (χ2n) is 10.4. The Morgan fingerprint density at radius 2 is 1.57 bits per heavy atom. The summed E-state index contributed by atoms with van der Waals surface area (Å²) in [7, 11) is 0. The second kappa shape index (κ2) is 11.8. The minimum atomic E-state index is -1.77. The van der Waals surface area contributed by atoms with Crippen molar-refractivity contribution >= 4 is 5.78 Å². The monoisotopic (exact) mass is 596 g/mol. The van der Waals surface area contributed by atoms with Gasteiger partial charge < -0.3 is 69.6 Å². The molecule has 15 heteroatoms. The molecule has 3 heterocycles. The van der Waals surface area contributed by atoms with Gasteiger partial charge in [-0.2, -0.15) is 0 Å². The third-order valence-corrected chi connectivity index (χ3v) is 7.52. The molecule has 42 heavy (non-hydrogen) atoms. The second-order valence-corrected chi connectivity index (χ2v) is 10.4. The molecule has 11 atom stereocenters. The SMILES string of the molecule is C[C@H]1O[C@@H](O[C@@H]2[C@H](Oc3cc(O)c4c(c3)O[C@@H](c3ccc(O)c(O)c3)CC4=O)O[C@H](CO)[C@@H](O)[C@@H]2O)[C@H](O)[C@H](O)[C@H]1O. The summed E-state index contributed by atoms with van der Waals surface area (Å²) in [5, 5.41) is 91.6. The Balaban J connectivity index is 1.42. The fraction of sp³-hybridized carbons (Fsp3) is 0.519. The summed E-state index contributed by atoms with van der Waals surface area (Å²) >= 11 is 0. The van der Waals surface area contributed by atoms with Crippen molar-refractivity contribution in [1.82, 2.24) is 0 Å². The molecule has 15 nitrogen and oxygen atoms in total. The lowest BCUT2D eigenvalue weighted by Gasteiger charge is -2.45. The Bertz CT molecular complexity index is 1300. The summed E-state index contributed by atoms with van der Waals surface area (Å²) in [6.07, 6.45) is -16.5. The number of fused-ring (bicyclic) bond motifs is 1. The van der Waals surface area contributed by atoms with Crippen molar-refractivity contribution < 1.29 is 74.4 Å². The summed E-state index contributed by atoms with van der Waals surface area (Å²) in [6.45, 7) is 0.683. The number of rotatable bonds is 6. The fourth-order valence-corrected chi connectivity index (χ4v) is 5.12. The first kappa shape index (κ1) is 30.2. The molecular weight excluding hydrogens is 564 g/mol. The van der Waals surface area contributed by atoms with Crippen LogP contribution in [-0.4, -0.2) is 120 Å². The average molecular weight is 597 g/mol.